The van der Waals surface area contributed by atoms with E-state index in [1.807, 2.05) is 0 Å². The third kappa shape index (κ3) is 24.0. The normalized spacial score (nSPS) is 10.3. The zero-order chi connectivity index (χ0) is 7.71. The van der Waals surface area contributed by atoms with Gasteiger partial charge in [-0.05, 0) is 0 Å². The first kappa shape index (κ1) is 25.4. The summed E-state index contributed by atoms with van der Waals surface area (Å²) in [7, 11) is -10.1. The van der Waals surface area contributed by atoms with Crippen LogP contribution in [0, 0.1) is 0 Å². The van der Waals surface area contributed by atoms with Crippen LogP contribution in [0.15, 0.2) is 0 Å². The van der Waals surface area contributed by atoms with Gasteiger partial charge in [-0.2, -0.15) is 4.31 Å². The Bertz CT molecular complexity index is 171. The van der Waals surface area contributed by atoms with Crippen LogP contribution in [-0.4, -0.2) is 19.6 Å². The summed E-state index contributed by atoms with van der Waals surface area (Å²) in [6.45, 7) is 0. The van der Waals surface area contributed by atoms with Crippen molar-refractivity contribution in [2.24, 2.45) is 0 Å². The van der Waals surface area contributed by atoms with Crippen molar-refractivity contribution < 1.29 is 170 Å². The maximum atomic E-state index is 9.63. The Kier molecular flexibility index (Phi) is 22.6. The molecule has 0 spiro atoms. The molecule has 0 heterocycles. The van der Waals surface area contributed by atoms with Gasteiger partial charge in [-0.15, -0.1) is 0 Å². The maximum absolute atomic E-state index is 9.63. The quantitative estimate of drug-likeness (QED) is 0.293. The Morgan fingerprint density at radius 2 is 1.08 bits per heavy atom. The maximum Gasteiger partial charge on any atom is 1.00 e. The van der Waals surface area contributed by atoms with Crippen LogP contribution in [0.5, 0.6) is 0 Å². The van der Waals surface area contributed by atoms with Crippen molar-refractivity contribution in [2.75, 3.05) is 0 Å². The van der Waals surface area contributed by atoms with Crippen LogP contribution in [0.4, 0.5) is 0 Å². The molecule has 0 radical (unpaired) electrons. The molecule has 12 heavy (non-hydrogen) atoms. The summed E-state index contributed by atoms with van der Waals surface area (Å²) >= 11 is 0. The van der Waals surface area contributed by atoms with Gasteiger partial charge in [-0.25, -0.2) is 9.13 Å². The summed E-state index contributed by atoms with van der Waals surface area (Å²) in [6.07, 6.45) is 0. The number of rotatable bonds is 2. The Morgan fingerprint density at radius 3 is 1.08 bits per heavy atom. The summed E-state index contributed by atoms with van der Waals surface area (Å²) in [5.41, 5.74) is 0. The van der Waals surface area contributed by atoms with Crippen molar-refractivity contribution in [3.63, 3.8) is 0 Å². The van der Waals surface area contributed by atoms with Crippen LogP contribution in [0.3, 0.4) is 0 Å². The second-order valence-corrected chi connectivity index (χ2v) is 3.68. The summed E-state index contributed by atoms with van der Waals surface area (Å²) in [5, 5.41) is 0. The Morgan fingerprint density at radius 1 is 0.917 bits per heavy atom. The van der Waals surface area contributed by atoms with E-state index in [2.05, 4.69) is 4.31 Å². The summed E-state index contributed by atoms with van der Waals surface area (Å²) < 4.78 is 22.2. The molecule has 0 aromatic heterocycles. The molecule has 0 amide bonds. The molecule has 0 aliphatic heterocycles. The fourth-order valence-corrected chi connectivity index (χ4v) is 1.25. The van der Waals surface area contributed by atoms with Gasteiger partial charge in [0.2, 0.25) is 0 Å². The molecule has 0 saturated heterocycles. The molecule has 12 heteroatoms. The minimum absolute atomic E-state index is 0. The van der Waals surface area contributed by atoms with Crippen molar-refractivity contribution in [1.29, 1.82) is 0 Å². The smallest absolute Gasteiger partial charge is 1.00 e. The summed E-state index contributed by atoms with van der Waals surface area (Å²) in [5.74, 6) is 0. The van der Waals surface area contributed by atoms with Gasteiger partial charge < -0.3 is 23.9 Å². The van der Waals surface area contributed by atoms with Crippen LogP contribution < -0.4 is 132 Å². The fraction of sp³-hybridized carbons (Fsp3) is 0. The fourth-order valence-electron chi connectivity index (χ4n) is 0.139. The SMILES string of the molecule is O=P(O)(O)OP(=O)(O)O.[H-].[H-].[H-].[K+].[K+].[Na+]. The van der Waals surface area contributed by atoms with Crippen LogP contribution >= 0.6 is 15.6 Å². The van der Waals surface area contributed by atoms with Gasteiger partial charge in [-0.1, -0.05) is 0 Å². The van der Waals surface area contributed by atoms with Gasteiger partial charge in [0.15, 0.2) is 0 Å². The van der Waals surface area contributed by atoms with E-state index in [9.17, 15) is 9.13 Å². The van der Waals surface area contributed by atoms with Crippen molar-refractivity contribution in [3.05, 3.63) is 0 Å². The van der Waals surface area contributed by atoms with Gasteiger partial charge >= 0.3 is 148 Å². The molecule has 0 aromatic rings. The van der Waals surface area contributed by atoms with Crippen molar-refractivity contribution in [3.8, 4) is 0 Å². The standard InChI is InChI=1S/2K.Na.H4O7P2.3H/c;;;1-8(2,3)7-9(4,5)6;;;/h;;;(H2,1,2,3)(H2,4,5,6);;;/q3*+1;;3*-1. The van der Waals surface area contributed by atoms with Crippen LogP contribution in [-0.2, 0) is 13.4 Å². The summed E-state index contributed by atoms with van der Waals surface area (Å²) in [4.78, 5) is 31.0. The Balaban J connectivity index is -0.0000000213. The zero-order valence-electron chi connectivity index (χ0n) is 9.91. The molecular weight excluding hydrogens is 275 g/mol. The Hall–Kier alpha value is 4.53. The van der Waals surface area contributed by atoms with E-state index in [0.717, 1.165) is 0 Å². The third-order valence-corrected chi connectivity index (χ3v) is 1.91. The topological polar surface area (TPSA) is 124 Å². The summed E-state index contributed by atoms with van der Waals surface area (Å²) in [6, 6.07) is 0. The van der Waals surface area contributed by atoms with Crippen molar-refractivity contribution in [1.82, 2.24) is 0 Å². The van der Waals surface area contributed by atoms with Crippen LogP contribution in [0.1, 0.15) is 4.28 Å². The molecule has 0 rings (SSSR count). The van der Waals surface area contributed by atoms with E-state index in [-0.39, 0.29) is 137 Å². The molecule has 0 atom stereocenters. The first-order valence-corrected chi connectivity index (χ1v) is 4.59. The molecule has 0 aliphatic carbocycles. The number of hydrogen-bond donors (Lipinski definition) is 4. The molecule has 4 N–H and O–H groups in total. The second-order valence-electron chi connectivity index (χ2n) is 1.06. The zero-order valence-corrected chi connectivity index (χ0v) is 16.9. The molecule has 0 bridgehead atoms. The molecule has 7 nitrogen and oxygen atoms in total. The predicted octanol–water partition coefficient (Wildman–Crippen LogP) is -9.46. The van der Waals surface area contributed by atoms with Crippen LogP contribution in [0.25, 0.3) is 0 Å². The van der Waals surface area contributed by atoms with Gasteiger partial charge in [0.25, 0.3) is 0 Å². The van der Waals surface area contributed by atoms with E-state index in [1.165, 1.54) is 0 Å². The van der Waals surface area contributed by atoms with E-state index in [1.54, 1.807) is 0 Å². The molecule has 0 aliphatic rings. The average Bonchev–Trinajstić information content (AvgIpc) is 1.14. The first-order valence-electron chi connectivity index (χ1n) is 1.53. The van der Waals surface area contributed by atoms with E-state index >= 15 is 0 Å². The molecule has 0 unspecified atom stereocenters. The van der Waals surface area contributed by atoms with E-state index in [4.69, 9.17) is 19.6 Å². The van der Waals surface area contributed by atoms with Crippen molar-refractivity contribution in [2.45, 2.75) is 0 Å². The van der Waals surface area contributed by atoms with Gasteiger partial charge in [0, 0.05) is 0 Å². The Labute approximate surface area is 180 Å². The van der Waals surface area contributed by atoms with Crippen LogP contribution in [0.2, 0.25) is 0 Å². The molecular formula is H7K2NaO7P2. The number of phosphoric acid groups is 2. The number of hydrogen-bond acceptors (Lipinski definition) is 3. The molecule has 0 fully saturated rings. The van der Waals surface area contributed by atoms with E-state index < -0.39 is 15.6 Å². The average molecular weight is 282 g/mol. The minimum atomic E-state index is -5.05. The molecule has 0 saturated carbocycles. The van der Waals surface area contributed by atoms with Crippen molar-refractivity contribution >= 4 is 15.6 Å². The first-order chi connectivity index (χ1) is 3.71. The van der Waals surface area contributed by atoms with Gasteiger partial charge in [0.05, 0.1) is 0 Å². The predicted molar refractivity (Wildman–Crippen MR) is 28.5 cm³/mol. The monoisotopic (exact) mass is 282 g/mol. The van der Waals surface area contributed by atoms with E-state index in [0.29, 0.717) is 0 Å². The third-order valence-electron chi connectivity index (χ3n) is 0.213. The van der Waals surface area contributed by atoms with Gasteiger partial charge in [-0.3, -0.25) is 0 Å². The second kappa shape index (κ2) is 10.7. The largest absolute Gasteiger partial charge is 1.00 e. The minimum Gasteiger partial charge on any atom is -1.00 e. The molecule has 62 valence electrons. The molecule has 0 aromatic carbocycles. The van der Waals surface area contributed by atoms with Gasteiger partial charge in [0.1, 0.15) is 0 Å².